The molecule has 0 bridgehead atoms. The highest BCUT2D eigenvalue weighted by atomic mass is 32.2. The number of benzene rings is 1. The lowest BCUT2D eigenvalue weighted by Gasteiger charge is -2.19. The lowest BCUT2D eigenvalue weighted by Crippen LogP contribution is -2.21. The van der Waals surface area contributed by atoms with E-state index in [-0.39, 0.29) is 22.3 Å². The number of halogens is 2. The van der Waals surface area contributed by atoms with Crippen molar-refractivity contribution in [1.82, 2.24) is 0 Å². The van der Waals surface area contributed by atoms with Crippen molar-refractivity contribution >= 4 is 17.4 Å². The zero-order valence-electron chi connectivity index (χ0n) is 10.5. The van der Waals surface area contributed by atoms with Crippen LogP contribution in [-0.2, 0) is 4.74 Å². The predicted molar refractivity (Wildman–Crippen MR) is 69.7 cm³/mol. The minimum Gasteiger partial charge on any atom is -0.399 e. The molecule has 1 aromatic carbocycles. The Morgan fingerprint density at radius 2 is 2.00 bits per heavy atom. The summed E-state index contributed by atoms with van der Waals surface area (Å²) in [6.45, 7) is 4.06. The van der Waals surface area contributed by atoms with E-state index in [9.17, 15) is 8.78 Å². The van der Waals surface area contributed by atoms with Gasteiger partial charge in [0, 0.05) is 11.4 Å². The van der Waals surface area contributed by atoms with E-state index in [2.05, 4.69) is 0 Å². The first-order chi connectivity index (χ1) is 8.37. The first-order valence-electron chi connectivity index (χ1n) is 5.92. The smallest absolute Gasteiger partial charge is 0.141 e. The van der Waals surface area contributed by atoms with Crippen molar-refractivity contribution in [2.24, 2.45) is 0 Å². The van der Waals surface area contributed by atoms with Gasteiger partial charge in [-0.2, -0.15) is 0 Å². The molecule has 1 saturated heterocycles. The van der Waals surface area contributed by atoms with Crippen LogP contribution in [-0.4, -0.2) is 17.5 Å². The Bertz CT molecular complexity index is 428. The molecule has 1 aromatic rings. The van der Waals surface area contributed by atoms with E-state index in [1.807, 2.05) is 13.8 Å². The summed E-state index contributed by atoms with van der Waals surface area (Å²) in [4.78, 5) is 0.0255. The van der Waals surface area contributed by atoms with Gasteiger partial charge in [0.05, 0.1) is 16.6 Å². The maximum atomic E-state index is 13.6. The third kappa shape index (κ3) is 3.14. The molecule has 0 aromatic heterocycles. The summed E-state index contributed by atoms with van der Waals surface area (Å²) < 4.78 is 32.9. The third-order valence-electron chi connectivity index (χ3n) is 2.99. The highest BCUT2D eigenvalue weighted by Crippen LogP contribution is 2.34. The second-order valence-electron chi connectivity index (χ2n) is 5.16. The van der Waals surface area contributed by atoms with Gasteiger partial charge in [0.2, 0.25) is 0 Å². The highest BCUT2D eigenvalue weighted by Gasteiger charge is 2.31. The van der Waals surface area contributed by atoms with E-state index in [0.29, 0.717) is 5.75 Å². The zero-order chi connectivity index (χ0) is 13.3. The van der Waals surface area contributed by atoms with Crippen LogP contribution in [0.5, 0.6) is 0 Å². The van der Waals surface area contributed by atoms with Gasteiger partial charge in [-0.3, -0.25) is 0 Å². The van der Waals surface area contributed by atoms with Gasteiger partial charge in [-0.1, -0.05) is 0 Å². The van der Waals surface area contributed by atoms with Gasteiger partial charge in [0.25, 0.3) is 0 Å². The number of thioether (sulfide) groups is 1. The molecule has 5 heteroatoms. The van der Waals surface area contributed by atoms with Crippen LogP contribution >= 0.6 is 11.8 Å². The fraction of sp³-hybridized carbons (Fsp3) is 0.538. The van der Waals surface area contributed by atoms with Gasteiger partial charge in [-0.05, 0) is 38.8 Å². The Hall–Kier alpha value is -0.810. The maximum Gasteiger partial charge on any atom is 0.141 e. The molecule has 1 aliphatic rings. The molecule has 1 unspecified atom stereocenters. The van der Waals surface area contributed by atoms with Crippen molar-refractivity contribution in [1.29, 1.82) is 0 Å². The van der Waals surface area contributed by atoms with Gasteiger partial charge in [-0.25, -0.2) is 8.78 Å². The molecule has 1 fully saturated rings. The molecule has 1 heterocycles. The number of ether oxygens (including phenoxy) is 1. The molecule has 1 atom stereocenters. The second-order valence-corrected chi connectivity index (χ2v) is 6.19. The average Bonchev–Trinajstić information content (AvgIpc) is 2.56. The largest absolute Gasteiger partial charge is 0.399 e. The summed E-state index contributed by atoms with van der Waals surface area (Å²) in [5.74, 6) is -0.647. The molecule has 2 nitrogen and oxygen atoms in total. The van der Waals surface area contributed by atoms with Crippen LogP contribution in [0, 0.1) is 11.6 Å². The summed E-state index contributed by atoms with van der Waals surface area (Å²) in [5.41, 5.74) is 5.35. The predicted octanol–water partition coefficient (Wildman–Crippen LogP) is 3.60. The Balaban J connectivity index is 1.99. The molecule has 100 valence electrons. The molecular weight excluding hydrogens is 256 g/mol. The second kappa shape index (κ2) is 5.05. The number of hydrogen-bond acceptors (Lipinski definition) is 3. The first kappa shape index (κ1) is 13.6. The molecular formula is C13H17F2NOS. The molecule has 2 N–H and O–H groups in total. The van der Waals surface area contributed by atoms with Crippen LogP contribution in [0.1, 0.15) is 26.7 Å². The van der Waals surface area contributed by atoms with Gasteiger partial charge in [0.1, 0.15) is 11.6 Å². The monoisotopic (exact) mass is 273 g/mol. The van der Waals surface area contributed by atoms with E-state index in [1.54, 1.807) is 0 Å². The zero-order valence-corrected chi connectivity index (χ0v) is 11.3. The van der Waals surface area contributed by atoms with E-state index in [4.69, 9.17) is 10.5 Å². The average molecular weight is 273 g/mol. The molecule has 0 saturated carbocycles. The van der Waals surface area contributed by atoms with Gasteiger partial charge in [-0.15, -0.1) is 11.8 Å². The van der Waals surface area contributed by atoms with Crippen molar-refractivity contribution in [2.45, 2.75) is 43.3 Å². The summed E-state index contributed by atoms with van der Waals surface area (Å²) >= 11 is 1.15. The van der Waals surface area contributed by atoms with E-state index >= 15 is 0 Å². The minimum atomic E-state index is -0.602. The molecule has 1 aliphatic heterocycles. The SMILES string of the molecule is CC1(C)CCC(CSc2c(F)cc(N)cc2F)O1. The third-order valence-corrected chi connectivity index (χ3v) is 4.21. The topological polar surface area (TPSA) is 35.2 Å². The summed E-state index contributed by atoms with van der Waals surface area (Å²) in [7, 11) is 0. The number of nitrogens with two attached hydrogens (primary N) is 1. The molecule has 0 radical (unpaired) electrons. The molecule has 0 aliphatic carbocycles. The molecule has 0 amide bonds. The Labute approximate surface area is 110 Å². The normalized spacial score (nSPS) is 22.3. The maximum absolute atomic E-state index is 13.6. The fourth-order valence-corrected chi connectivity index (χ4v) is 3.07. The Kier molecular flexibility index (Phi) is 3.82. The van der Waals surface area contributed by atoms with Gasteiger partial charge >= 0.3 is 0 Å². The molecule has 18 heavy (non-hydrogen) atoms. The Morgan fingerprint density at radius 1 is 1.39 bits per heavy atom. The van der Waals surface area contributed by atoms with Crippen molar-refractivity contribution in [3.05, 3.63) is 23.8 Å². The lowest BCUT2D eigenvalue weighted by molar-refractivity contribution is -0.00467. The summed E-state index contributed by atoms with van der Waals surface area (Å²) in [5, 5.41) is 0. The van der Waals surface area contributed by atoms with Gasteiger partial charge in [0.15, 0.2) is 0 Å². The van der Waals surface area contributed by atoms with Crippen molar-refractivity contribution in [3.8, 4) is 0 Å². The number of anilines is 1. The quantitative estimate of drug-likeness (QED) is 0.675. The molecule has 0 spiro atoms. The molecule has 2 rings (SSSR count). The highest BCUT2D eigenvalue weighted by molar-refractivity contribution is 7.99. The van der Waals surface area contributed by atoms with Crippen LogP contribution < -0.4 is 5.73 Å². The van der Waals surface area contributed by atoms with Crippen molar-refractivity contribution in [3.63, 3.8) is 0 Å². The van der Waals surface area contributed by atoms with Crippen LogP contribution in [0.3, 0.4) is 0 Å². The van der Waals surface area contributed by atoms with Crippen molar-refractivity contribution < 1.29 is 13.5 Å². The number of nitrogen functional groups attached to an aromatic ring is 1. The Morgan fingerprint density at radius 3 is 2.50 bits per heavy atom. The van der Waals surface area contributed by atoms with Crippen LogP contribution in [0.15, 0.2) is 17.0 Å². The fourth-order valence-electron chi connectivity index (χ4n) is 2.09. The van der Waals surface area contributed by atoms with E-state index in [0.717, 1.165) is 36.7 Å². The van der Waals surface area contributed by atoms with E-state index in [1.165, 1.54) is 0 Å². The van der Waals surface area contributed by atoms with Gasteiger partial charge < -0.3 is 10.5 Å². The number of rotatable bonds is 3. The number of hydrogen-bond donors (Lipinski definition) is 1. The minimum absolute atomic E-state index is 0.0255. The summed E-state index contributed by atoms with van der Waals surface area (Å²) in [6, 6.07) is 2.29. The lowest BCUT2D eigenvalue weighted by atomic mass is 10.1. The van der Waals surface area contributed by atoms with Crippen LogP contribution in [0.4, 0.5) is 14.5 Å². The summed E-state index contributed by atoms with van der Waals surface area (Å²) in [6.07, 6.45) is 1.96. The first-order valence-corrected chi connectivity index (χ1v) is 6.91. The standard InChI is InChI=1S/C13H17F2NOS/c1-13(2)4-3-9(17-13)7-18-12-10(14)5-8(16)6-11(12)15/h5-6,9H,3-4,7,16H2,1-2H3. The van der Waals surface area contributed by atoms with Crippen LogP contribution in [0.25, 0.3) is 0 Å². The van der Waals surface area contributed by atoms with Crippen molar-refractivity contribution in [2.75, 3.05) is 11.5 Å². The van der Waals surface area contributed by atoms with Crippen LogP contribution in [0.2, 0.25) is 0 Å². The van der Waals surface area contributed by atoms with E-state index < -0.39 is 11.6 Å².